The van der Waals surface area contributed by atoms with E-state index in [0.29, 0.717) is 18.9 Å². The molecular formula is C11H20N4O. The van der Waals surface area contributed by atoms with Crippen LogP contribution in [0.4, 0.5) is 5.69 Å². The molecule has 1 aromatic heterocycles. The molecule has 0 aliphatic heterocycles. The van der Waals surface area contributed by atoms with E-state index in [4.69, 9.17) is 5.73 Å². The summed E-state index contributed by atoms with van der Waals surface area (Å²) in [6.07, 6.45) is 3.05. The van der Waals surface area contributed by atoms with Crippen LogP contribution in [0.3, 0.4) is 0 Å². The van der Waals surface area contributed by atoms with Crippen LogP contribution in [0.5, 0.6) is 0 Å². The Labute approximate surface area is 96.0 Å². The fourth-order valence-electron chi connectivity index (χ4n) is 1.66. The van der Waals surface area contributed by atoms with Gasteiger partial charge in [-0.1, -0.05) is 13.8 Å². The molecule has 1 aromatic rings. The van der Waals surface area contributed by atoms with Gasteiger partial charge in [0.2, 0.25) is 5.91 Å². The third-order valence-corrected chi connectivity index (χ3v) is 2.71. The molecule has 1 amide bonds. The average Bonchev–Trinajstić information content (AvgIpc) is 2.59. The van der Waals surface area contributed by atoms with Gasteiger partial charge in [-0.25, -0.2) is 0 Å². The molecule has 5 heteroatoms. The summed E-state index contributed by atoms with van der Waals surface area (Å²) < 4.78 is 1.81. The zero-order valence-electron chi connectivity index (χ0n) is 10.2. The first kappa shape index (κ1) is 12.7. The maximum absolute atomic E-state index is 11.5. The van der Waals surface area contributed by atoms with Gasteiger partial charge in [0.15, 0.2) is 0 Å². The summed E-state index contributed by atoms with van der Waals surface area (Å²) in [7, 11) is 1.89. The summed E-state index contributed by atoms with van der Waals surface area (Å²) in [5.41, 5.74) is 7.19. The SMILES string of the molecule is CCC(C)c1c(NC(=O)CCN)cnn1C. The van der Waals surface area contributed by atoms with E-state index in [9.17, 15) is 4.79 Å². The van der Waals surface area contributed by atoms with Gasteiger partial charge in [-0.05, 0) is 12.3 Å². The molecule has 0 radical (unpaired) electrons. The topological polar surface area (TPSA) is 72.9 Å². The van der Waals surface area contributed by atoms with Crippen LogP contribution in [0.2, 0.25) is 0 Å². The first-order valence-corrected chi connectivity index (χ1v) is 5.62. The molecule has 1 heterocycles. The van der Waals surface area contributed by atoms with E-state index in [1.54, 1.807) is 6.20 Å². The summed E-state index contributed by atoms with van der Waals surface area (Å²) in [5, 5.41) is 7.01. The summed E-state index contributed by atoms with van der Waals surface area (Å²) in [5.74, 6) is 0.320. The van der Waals surface area contributed by atoms with Crippen LogP contribution >= 0.6 is 0 Å². The molecular weight excluding hydrogens is 204 g/mol. The number of hydrogen-bond donors (Lipinski definition) is 2. The number of hydrogen-bond acceptors (Lipinski definition) is 3. The third kappa shape index (κ3) is 2.82. The summed E-state index contributed by atoms with van der Waals surface area (Å²) in [4.78, 5) is 11.5. The Hall–Kier alpha value is -1.36. The lowest BCUT2D eigenvalue weighted by Gasteiger charge is -2.12. The minimum absolute atomic E-state index is 0.0555. The Balaban J connectivity index is 2.84. The smallest absolute Gasteiger partial charge is 0.225 e. The highest BCUT2D eigenvalue weighted by molar-refractivity contribution is 5.91. The Morgan fingerprint density at radius 2 is 2.38 bits per heavy atom. The van der Waals surface area contributed by atoms with E-state index in [0.717, 1.165) is 17.8 Å². The van der Waals surface area contributed by atoms with E-state index in [1.807, 2.05) is 11.7 Å². The van der Waals surface area contributed by atoms with E-state index in [-0.39, 0.29) is 5.91 Å². The molecule has 0 aliphatic rings. The standard InChI is InChI=1S/C11H20N4O/c1-4-8(2)11-9(7-13-15(11)3)14-10(16)5-6-12/h7-8H,4-6,12H2,1-3H3,(H,14,16). The van der Waals surface area contributed by atoms with Crippen molar-refractivity contribution in [2.24, 2.45) is 12.8 Å². The van der Waals surface area contributed by atoms with Gasteiger partial charge in [0.05, 0.1) is 17.6 Å². The number of nitrogens with one attached hydrogen (secondary N) is 1. The van der Waals surface area contributed by atoms with Gasteiger partial charge < -0.3 is 11.1 Å². The molecule has 5 nitrogen and oxygen atoms in total. The van der Waals surface area contributed by atoms with Gasteiger partial charge in [-0.2, -0.15) is 5.10 Å². The summed E-state index contributed by atoms with van der Waals surface area (Å²) in [6.45, 7) is 4.60. The van der Waals surface area contributed by atoms with Gasteiger partial charge >= 0.3 is 0 Å². The predicted octanol–water partition coefficient (Wildman–Crippen LogP) is 1.22. The number of amides is 1. The number of aromatic nitrogens is 2. The van der Waals surface area contributed by atoms with Crippen molar-refractivity contribution in [3.8, 4) is 0 Å². The molecule has 3 N–H and O–H groups in total. The average molecular weight is 224 g/mol. The minimum Gasteiger partial charge on any atom is -0.330 e. The predicted molar refractivity (Wildman–Crippen MR) is 64.2 cm³/mol. The van der Waals surface area contributed by atoms with Gasteiger partial charge in [-0.15, -0.1) is 0 Å². The van der Waals surface area contributed by atoms with Crippen molar-refractivity contribution < 1.29 is 4.79 Å². The number of carbonyl (C=O) groups excluding carboxylic acids is 1. The van der Waals surface area contributed by atoms with Crippen LogP contribution < -0.4 is 11.1 Å². The third-order valence-electron chi connectivity index (χ3n) is 2.71. The number of anilines is 1. The normalized spacial score (nSPS) is 12.5. The summed E-state index contributed by atoms with van der Waals surface area (Å²) >= 11 is 0. The maximum atomic E-state index is 11.5. The number of carbonyl (C=O) groups is 1. The molecule has 1 atom stereocenters. The van der Waals surface area contributed by atoms with Crippen LogP contribution in [0, 0.1) is 0 Å². The number of aryl methyl sites for hydroxylation is 1. The molecule has 0 aliphatic carbocycles. The van der Waals surface area contributed by atoms with Crippen LogP contribution in [0.25, 0.3) is 0 Å². The highest BCUT2D eigenvalue weighted by Crippen LogP contribution is 2.25. The van der Waals surface area contributed by atoms with Crippen LogP contribution in [-0.4, -0.2) is 22.2 Å². The zero-order chi connectivity index (χ0) is 12.1. The van der Waals surface area contributed by atoms with Crippen LogP contribution in [-0.2, 0) is 11.8 Å². The summed E-state index contributed by atoms with van der Waals surface area (Å²) in [6, 6.07) is 0. The van der Waals surface area contributed by atoms with Gasteiger partial charge in [-0.3, -0.25) is 9.48 Å². The Bertz CT molecular complexity index is 359. The van der Waals surface area contributed by atoms with Crippen molar-refractivity contribution in [2.45, 2.75) is 32.6 Å². The van der Waals surface area contributed by atoms with Crippen LogP contribution in [0.1, 0.15) is 38.3 Å². The molecule has 0 saturated carbocycles. The quantitative estimate of drug-likeness (QED) is 0.789. The van der Waals surface area contributed by atoms with Gasteiger partial charge in [0, 0.05) is 20.0 Å². The Morgan fingerprint density at radius 1 is 1.69 bits per heavy atom. The molecule has 1 rings (SSSR count). The molecule has 0 saturated heterocycles. The van der Waals surface area contributed by atoms with Crippen molar-refractivity contribution in [1.82, 2.24) is 9.78 Å². The van der Waals surface area contributed by atoms with Crippen molar-refractivity contribution >= 4 is 11.6 Å². The van der Waals surface area contributed by atoms with Crippen molar-refractivity contribution in [3.05, 3.63) is 11.9 Å². The van der Waals surface area contributed by atoms with Crippen molar-refractivity contribution in [1.29, 1.82) is 0 Å². The number of nitrogens with zero attached hydrogens (tertiary/aromatic N) is 2. The number of rotatable bonds is 5. The highest BCUT2D eigenvalue weighted by Gasteiger charge is 2.15. The van der Waals surface area contributed by atoms with Gasteiger partial charge in [0.1, 0.15) is 0 Å². The first-order chi connectivity index (χ1) is 7.60. The lowest BCUT2D eigenvalue weighted by molar-refractivity contribution is -0.116. The molecule has 0 bridgehead atoms. The van der Waals surface area contributed by atoms with E-state index >= 15 is 0 Å². The zero-order valence-corrected chi connectivity index (χ0v) is 10.2. The van der Waals surface area contributed by atoms with E-state index < -0.39 is 0 Å². The van der Waals surface area contributed by atoms with E-state index in [1.165, 1.54) is 0 Å². The molecule has 0 fully saturated rings. The van der Waals surface area contributed by atoms with Crippen molar-refractivity contribution in [2.75, 3.05) is 11.9 Å². The largest absolute Gasteiger partial charge is 0.330 e. The Morgan fingerprint density at radius 3 is 2.94 bits per heavy atom. The van der Waals surface area contributed by atoms with Crippen LogP contribution in [0.15, 0.2) is 6.20 Å². The monoisotopic (exact) mass is 224 g/mol. The fraction of sp³-hybridized carbons (Fsp3) is 0.636. The second-order valence-electron chi connectivity index (χ2n) is 3.96. The molecule has 0 aromatic carbocycles. The molecule has 16 heavy (non-hydrogen) atoms. The maximum Gasteiger partial charge on any atom is 0.225 e. The minimum atomic E-state index is -0.0555. The second-order valence-corrected chi connectivity index (χ2v) is 3.96. The highest BCUT2D eigenvalue weighted by atomic mass is 16.1. The second kappa shape index (κ2) is 5.65. The van der Waals surface area contributed by atoms with Gasteiger partial charge in [0.25, 0.3) is 0 Å². The van der Waals surface area contributed by atoms with Crippen molar-refractivity contribution in [3.63, 3.8) is 0 Å². The first-order valence-electron chi connectivity index (χ1n) is 5.62. The van der Waals surface area contributed by atoms with E-state index in [2.05, 4.69) is 24.3 Å². The molecule has 1 unspecified atom stereocenters. The Kier molecular flexibility index (Phi) is 4.49. The lowest BCUT2D eigenvalue weighted by atomic mass is 10.0. The lowest BCUT2D eigenvalue weighted by Crippen LogP contribution is -2.17. The molecule has 90 valence electrons. The fourth-order valence-corrected chi connectivity index (χ4v) is 1.66. The number of nitrogens with two attached hydrogens (primary N) is 1. The molecule has 0 spiro atoms.